The van der Waals surface area contributed by atoms with Crippen molar-refractivity contribution in [3.63, 3.8) is 0 Å². The Morgan fingerprint density at radius 2 is 1.93 bits per heavy atom. The van der Waals surface area contributed by atoms with Crippen molar-refractivity contribution >= 4 is 23.2 Å². The van der Waals surface area contributed by atoms with E-state index >= 15 is 0 Å². The highest BCUT2D eigenvalue weighted by Gasteiger charge is 2.16. The van der Waals surface area contributed by atoms with Crippen LogP contribution < -0.4 is 15.6 Å². The second-order valence-corrected chi connectivity index (χ2v) is 6.79. The number of rotatable bonds is 5. The van der Waals surface area contributed by atoms with Gasteiger partial charge in [-0.1, -0.05) is 11.6 Å². The molecule has 0 saturated carbocycles. The minimum atomic E-state index is -0.420. The molecule has 0 unspecified atom stereocenters. The Morgan fingerprint density at radius 3 is 2.57 bits per heavy atom. The molecule has 2 aromatic heterocycles. The van der Waals surface area contributed by atoms with Gasteiger partial charge in [-0.15, -0.1) is 0 Å². The molecule has 0 fully saturated rings. The van der Waals surface area contributed by atoms with E-state index in [0.717, 1.165) is 11.4 Å². The number of carbonyl (C=O) groups excluding carboxylic acids is 1. The first kappa shape index (κ1) is 19.6. The number of anilines is 1. The summed E-state index contributed by atoms with van der Waals surface area (Å²) in [6.07, 6.45) is 0. The molecule has 0 saturated heterocycles. The maximum atomic E-state index is 12.6. The quantitative estimate of drug-likeness (QED) is 0.709. The van der Waals surface area contributed by atoms with Crippen molar-refractivity contribution in [3.05, 3.63) is 62.8 Å². The molecule has 0 radical (unpaired) electrons. The molecule has 0 atom stereocenters. The van der Waals surface area contributed by atoms with Crippen LogP contribution in [0, 0.1) is 20.8 Å². The summed E-state index contributed by atoms with van der Waals surface area (Å²) in [5.74, 6) is 0.325. The van der Waals surface area contributed by atoms with E-state index in [1.807, 2.05) is 19.9 Å². The van der Waals surface area contributed by atoms with Gasteiger partial charge in [-0.3, -0.25) is 14.2 Å². The van der Waals surface area contributed by atoms with Crippen LogP contribution in [0.4, 0.5) is 5.69 Å². The fourth-order valence-electron chi connectivity index (χ4n) is 2.86. The van der Waals surface area contributed by atoms with E-state index < -0.39 is 5.91 Å². The lowest BCUT2D eigenvalue weighted by molar-refractivity contribution is -0.116. The van der Waals surface area contributed by atoms with Crippen LogP contribution in [0.15, 0.2) is 35.1 Å². The molecule has 0 aliphatic carbocycles. The van der Waals surface area contributed by atoms with Crippen LogP contribution in [0.2, 0.25) is 5.02 Å². The molecule has 0 aliphatic rings. The second kappa shape index (κ2) is 7.85. The number of nitrogens with zero attached hydrogens (tertiary/aromatic N) is 4. The van der Waals surface area contributed by atoms with Crippen LogP contribution in [0.25, 0.3) is 5.95 Å². The Kier molecular flexibility index (Phi) is 5.51. The van der Waals surface area contributed by atoms with Crippen molar-refractivity contribution in [3.8, 4) is 11.7 Å². The van der Waals surface area contributed by atoms with Crippen molar-refractivity contribution in [2.24, 2.45) is 0 Å². The fourth-order valence-corrected chi connectivity index (χ4v) is 3.03. The third kappa shape index (κ3) is 4.07. The first-order chi connectivity index (χ1) is 13.3. The maximum Gasteiger partial charge on any atom is 0.255 e. The van der Waals surface area contributed by atoms with Gasteiger partial charge in [0.15, 0.2) is 0 Å². The zero-order valence-electron chi connectivity index (χ0n) is 16.0. The van der Waals surface area contributed by atoms with E-state index in [-0.39, 0.29) is 18.1 Å². The van der Waals surface area contributed by atoms with Gasteiger partial charge in [0.2, 0.25) is 11.9 Å². The maximum absolute atomic E-state index is 12.6. The molecule has 0 aliphatic heterocycles. The zero-order chi connectivity index (χ0) is 20.4. The number of nitrogens with one attached hydrogen (secondary N) is 1. The average Bonchev–Trinajstić information content (AvgIpc) is 2.95. The Bertz CT molecular complexity index is 1100. The van der Waals surface area contributed by atoms with E-state index in [0.29, 0.717) is 22.2 Å². The van der Waals surface area contributed by atoms with E-state index in [9.17, 15) is 9.59 Å². The molecule has 146 valence electrons. The molecule has 1 N–H and O–H groups in total. The Hall–Kier alpha value is -3.13. The average molecular weight is 402 g/mol. The highest BCUT2D eigenvalue weighted by molar-refractivity contribution is 6.31. The number of ether oxygens (including phenoxy) is 1. The first-order valence-electron chi connectivity index (χ1n) is 8.54. The Labute approximate surface area is 166 Å². The van der Waals surface area contributed by atoms with Gasteiger partial charge in [0.05, 0.1) is 18.5 Å². The summed E-state index contributed by atoms with van der Waals surface area (Å²) < 4.78 is 8.06. The monoisotopic (exact) mass is 401 g/mol. The molecule has 3 rings (SSSR count). The van der Waals surface area contributed by atoms with Gasteiger partial charge in [-0.25, -0.2) is 9.67 Å². The van der Waals surface area contributed by atoms with E-state index in [2.05, 4.69) is 15.4 Å². The van der Waals surface area contributed by atoms with Crippen molar-refractivity contribution in [2.75, 3.05) is 12.4 Å². The smallest absolute Gasteiger partial charge is 0.255 e. The summed E-state index contributed by atoms with van der Waals surface area (Å²) in [6.45, 7) is 5.18. The molecule has 2 heterocycles. The topological polar surface area (TPSA) is 91.0 Å². The highest BCUT2D eigenvalue weighted by Crippen LogP contribution is 2.27. The number of amides is 1. The number of methoxy groups -OCH3 is 1. The fraction of sp³-hybridized carbons (Fsp3) is 0.263. The SMILES string of the molecule is COc1ccc(Cl)cc1NC(=O)Cn1c(-n2nc(C)cc2C)nc(C)cc1=O. The Balaban J connectivity index is 1.97. The number of hydrogen-bond donors (Lipinski definition) is 1. The minimum Gasteiger partial charge on any atom is -0.495 e. The lowest BCUT2D eigenvalue weighted by atomic mass is 10.3. The predicted molar refractivity (Wildman–Crippen MR) is 106 cm³/mol. The molecule has 1 amide bonds. The van der Waals surface area contributed by atoms with Crippen LogP contribution in [-0.2, 0) is 11.3 Å². The molecular weight excluding hydrogens is 382 g/mol. The lowest BCUT2D eigenvalue weighted by Gasteiger charge is -2.15. The van der Waals surface area contributed by atoms with Crippen LogP contribution in [0.1, 0.15) is 17.1 Å². The molecule has 9 heteroatoms. The number of hydrogen-bond acceptors (Lipinski definition) is 5. The lowest BCUT2D eigenvalue weighted by Crippen LogP contribution is -2.32. The Morgan fingerprint density at radius 1 is 1.18 bits per heavy atom. The van der Waals surface area contributed by atoms with Crippen molar-refractivity contribution in [2.45, 2.75) is 27.3 Å². The second-order valence-electron chi connectivity index (χ2n) is 6.35. The predicted octanol–water partition coefficient (Wildman–Crippen LogP) is 2.65. The zero-order valence-corrected chi connectivity index (χ0v) is 16.7. The van der Waals surface area contributed by atoms with Crippen LogP contribution in [-0.4, -0.2) is 32.3 Å². The van der Waals surface area contributed by atoms with Crippen LogP contribution in [0.5, 0.6) is 5.75 Å². The third-order valence-corrected chi connectivity index (χ3v) is 4.29. The van der Waals surface area contributed by atoms with Gasteiger partial charge < -0.3 is 10.1 Å². The van der Waals surface area contributed by atoms with Gasteiger partial charge in [0, 0.05) is 22.5 Å². The molecule has 3 aromatic rings. The summed E-state index contributed by atoms with van der Waals surface area (Å²) in [6, 6.07) is 8.14. The molecule has 0 spiro atoms. The van der Waals surface area contributed by atoms with Gasteiger partial charge in [-0.05, 0) is 45.0 Å². The summed E-state index contributed by atoms with van der Waals surface area (Å²) in [5.41, 5.74) is 2.21. The molecule has 0 bridgehead atoms. The molecule has 8 nitrogen and oxygen atoms in total. The molecular formula is C19H20ClN5O3. The number of aromatic nitrogens is 4. The summed E-state index contributed by atoms with van der Waals surface area (Å²) >= 11 is 6.00. The van der Waals surface area contributed by atoms with Gasteiger partial charge in [-0.2, -0.15) is 5.10 Å². The summed E-state index contributed by atoms with van der Waals surface area (Å²) in [4.78, 5) is 29.6. The third-order valence-electron chi connectivity index (χ3n) is 4.05. The molecule has 28 heavy (non-hydrogen) atoms. The first-order valence-corrected chi connectivity index (χ1v) is 8.92. The van der Waals surface area contributed by atoms with Crippen molar-refractivity contribution in [1.82, 2.24) is 19.3 Å². The van der Waals surface area contributed by atoms with Gasteiger partial charge in [0.1, 0.15) is 12.3 Å². The van der Waals surface area contributed by atoms with E-state index in [1.165, 1.54) is 17.7 Å². The normalized spacial score (nSPS) is 10.8. The van der Waals surface area contributed by atoms with Gasteiger partial charge >= 0.3 is 0 Å². The van der Waals surface area contributed by atoms with Crippen LogP contribution in [0.3, 0.4) is 0 Å². The summed E-state index contributed by atoms with van der Waals surface area (Å²) in [5, 5.41) is 7.56. The van der Waals surface area contributed by atoms with Crippen molar-refractivity contribution in [1.29, 1.82) is 0 Å². The number of carbonyl (C=O) groups is 1. The summed E-state index contributed by atoms with van der Waals surface area (Å²) in [7, 11) is 1.49. The number of benzene rings is 1. The number of aryl methyl sites for hydroxylation is 3. The largest absolute Gasteiger partial charge is 0.495 e. The van der Waals surface area contributed by atoms with Crippen molar-refractivity contribution < 1.29 is 9.53 Å². The van der Waals surface area contributed by atoms with E-state index in [1.54, 1.807) is 29.8 Å². The minimum absolute atomic E-state index is 0.241. The van der Waals surface area contributed by atoms with Crippen LogP contribution >= 0.6 is 11.6 Å². The van der Waals surface area contributed by atoms with E-state index in [4.69, 9.17) is 16.3 Å². The highest BCUT2D eigenvalue weighted by atomic mass is 35.5. The van der Waals surface area contributed by atoms with Gasteiger partial charge in [0.25, 0.3) is 5.56 Å². The standard InChI is InChI=1S/C19H20ClN5O3/c1-11-8-18(27)24(19(21-11)25-13(3)7-12(2)23-25)10-17(26)22-15-9-14(20)5-6-16(15)28-4/h5-9H,10H2,1-4H3,(H,22,26). The number of halogens is 1. The molecule has 1 aromatic carbocycles.